The van der Waals surface area contributed by atoms with Crippen LogP contribution in [0.4, 0.5) is 0 Å². The summed E-state index contributed by atoms with van der Waals surface area (Å²) in [6.45, 7) is 3.26. The van der Waals surface area contributed by atoms with Crippen molar-refractivity contribution >= 4 is 11.8 Å². The summed E-state index contributed by atoms with van der Waals surface area (Å²) in [4.78, 5) is 0. The van der Waals surface area contributed by atoms with Gasteiger partial charge in [0, 0.05) is 17.4 Å². The lowest BCUT2D eigenvalue weighted by Crippen LogP contribution is -2.32. The molecule has 1 heterocycles. The fraction of sp³-hybridized carbons (Fsp3) is 0.647. The topological polar surface area (TPSA) is 30.5 Å². The van der Waals surface area contributed by atoms with Gasteiger partial charge in [-0.15, -0.1) is 0 Å². The van der Waals surface area contributed by atoms with Crippen LogP contribution in [-0.2, 0) is 0 Å². The Bertz CT molecular complexity index is 411. The molecule has 1 saturated heterocycles. The van der Waals surface area contributed by atoms with E-state index < -0.39 is 0 Å². The minimum atomic E-state index is 0.374. The third-order valence-electron chi connectivity index (χ3n) is 3.93. The number of benzene rings is 1. The van der Waals surface area contributed by atoms with Gasteiger partial charge in [0.2, 0.25) is 0 Å². The average molecular weight is 309 g/mol. The standard InChI is InChI=1S/C17H27NO2S/c1-4-8-18-17(16-7-5-6-9-21-16)13-10-14(19-2)12-15(11-13)20-3/h10-12,16-18H,4-9H2,1-3H3. The highest BCUT2D eigenvalue weighted by atomic mass is 32.2. The zero-order valence-electron chi connectivity index (χ0n) is 13.4. The van der Waals surface area contributed by atoms with Gasteiger partial charge in [-0.1, -0.05) is 13.3 Å². The molecule has 1 aliphatic rings. The quantitative estimate of drug-likeness (QED) is 0.824. The second kappa shape index (κ2) is 8.54. The van der Waals surface area contributed by atoms with Crippen LogP contribution in [0, 0.1) is 0 Å². The third kappa shape index (κ3) is 4.55. The number of thioether (sulfide) groups is 1. The molecule has 0 amide bonds. The van der Waals surface area contributed by atoms with E-state index in [0.29, 0.717) is 11.3 Å². The van der Waals surface area contributed by atoms with E-state index in [1.54, 1.807) is 14.2 Å². The first-order chi connectivity index (χ1) is 10.3. The predicted molar refractivity (Wildman–Crippen MR) is 90.7 cm³/mol. The number of hydrogen-bond donors (Lipinski definition) is 1. The van der Waals surface area contributed by atoms with Crippen LogP contribution in [0.25, 0.3) is 0 Å². The van der Waals surface area contributed by atoms with Crippen LogP contribution in [0.15, 0.2) is 18.2 Å². The molecule has 4 heteroatoms. The maximum absolute atomic E-state index is 5.42. The molecular formula is C17H27NO2S. The van der Waals surface area contributed by atoms with Gasteiger partial charge in [0.25, 0.3) is 0 Å². The molecule has 1 aromatic rings. The second-order valence-electron chi connectivity index (χ2n) is 5.48. The molecule has 2 atom stereocenters. The van der Waals surface area contributed by atoms with Crippen molar-refractivity contribution in [3.05, 3.63) is 23.8 Å². The number of ether oxygens (including phenoxy) is 2. The fourth-order valence-corrected chi connectivity index (χ4v) is 4.25. The van der Waals surface area contributed by atoms with Crippen molar-refractivity contribution in [2.75, 3.05) is 26.5 Å². The molecule has 2 rings (SSSR count). The molecule has 1 aliphatic heterocycles. The molecule has 2 unspecified atom stereocenters. The van der Waals surface area contributed by atoms with Crippen LogP contribution >= 0.6 is 11.8 Å². The van der Waals surface area contributed by atoms with Gasteiger partial charge in [0.15, 0.2) is 0 Å². The van der Waals surface area contributed by atoms with Crippen LogP contribution in [0.1, 0.15) is 44.2 Å². The number of hydrogen-bond acceptors (Lipinski definition) is 4. The lowest BCUT2D eigenvalue weighted by molar-refractivity contribution is 0.390. The summed E-state index contributed by atoms with van der Waals surface area (Å²) >= 11 is 2.10. The van der Waals surface area contributed by atoms with Gasteiger partial charge in [-0.2, -0.15) is 11.8 Å². The highest BCUT2D eigenvalue weighted by Crippen LogP contribution is 2.37. The fourth-order valence-electron chi connectivity index (χ4n) is 2.80. The minimum absolute atomic E-state index is 0.374. The Kier molecular flexibility index (Phi) is 6.71. The van der Waals surface area contributed by atoms with Crippen LogP contribution in [0.3, 0.4) is 0 Å². The van der Waals surface area contributed by atoms with E-state index in [1.165, 1.54) is 30.6 Å². The Morgan fingerprint density at radius 2 is 1.90 bits per heavy atom. The lowest BCUT2D eigenvalue weighted by Gasteiger charge is -2.31. The van der Waals surface area contributed by atoms with E-state index in [0.717, 1.165) is 24.5 Å². The number of methoxy groups -OCH3 is 2. The summed E-state index contributed by atoms with van der Waals surface area (Å²) in [5.41, 5.74) is 1.28. The van der Waals surface area contributed by atoms with Gasteiger partial charge >= 0.3 is 0 Å². The molecule has 1 fully saturated rings. The van der Waals surface area contributed by atoms with E-state index in [1.807, 2.05) is 6.07 Å². The summed E-state index contributed by atoms with van der Waals surface area (Å²) < 4.78 is 10.8. The van der Waals surface area contributed by atoms with E-state index in [2.05, 4.69) is 36.1 Å². The zero-order chi connectivity index (χ0) is 15.1. The van der Waals surface area contributed by atoms with Crippen molar-refractivity contribution in [2.45, 2.75) is 43.9 Å². The van der Waals surface area contributed by atoms with Crippen molar-refractivity contribution in [3.63, 3.8) is 0 Å². The van der Waals surface area contributed by atoms with Gasteiger partial charge in [0.1, 0.15) is 11.5 Å². The highest BCUT2D eigenvalue weighted by Gasteiger charge is 2.26. The number of nitrogens with one attached hydrogen (secondary N) is 1. The molecule has 21 heavy (non-hydrogen) atoms. The molecule has 0 aliphatic carbocycles. The molecular weight excluding hydrogens is 282 g/mol. The van der Waals surface area contributed by atoms with Gasteiger partial charge in [-0.05, 0) is 49.3 Å². The van der Waals surface area contributed by atoms with Crippen molar-refractivity contribution in [1.29, 1.82) is 0 Å². The Morgan fingerprint density at radius 3 is 2.43 bits per heavy atom. The Labute approximate surface area is 132 Å². The molecule has 0 bridgehead atoms. The Hall–Kier alpha value is -0.870. The molecule has 118 valence electrons. The molecule has 3 nitrogen and oxygen atoms in total. The third-order valence-corrected chi connectivity index (χ3v) is 5.39. The van der Waals surface area contributed by atoms with Gasteiger partial charge in [-0.25, -0.2) is 0 Å². The van der Waals surface area contributed by atoms with Crippen molar-refractivity contribution < 1.29 is 9.47 Å². The average Bonchev–Trinajstić information content (AvgIpc) is 2.55. The largest absolute Gasteiger partial charge is 0.497 e. The van der Waals surface area contributed by atoms with E-state index in [9.17, 15) is 0 Å². The predicted octanol–water partition coefficient (Wildman–Crippen LogP) is 4.03. The van der Waals surface area contributed by atoms with Crippen molar-refractivity contribution in [1.82, 2.24) is 5.32 Å². The molecule has 0 aromatic heterocycles. The number of rotatable bonds is 7. The molecule has 1 N–H and O–H groups in total. The Balaban J connectivity index is 2.25. The van der Waals surface area contributed by atoms with Gasteiger partial charge in [-0.3, -0.25) is 0 Å². The zero-order valence-corrected chi connectivity index (χ0v) is 14.2. The lowest BCUT2D eigenvalue weighted by atomic mass is 9.98. The van der Waals surface area contributed by atoms with Crippen LogP contribution in [-0.4, -0.2) is 31.8 Å². The molecule has 1 aromatic carbocycles. The summed E-state index contributed by atoms with van der Waals surface area (Å²) in [5, 5.41) is 4.37. The minimum Gasteiger partial charge on any atom is -0.497 e. The first-order valence-corrected chi connectivity index (χ1v) is 8.91. The van der Waals surface area contributed by atoms with E-state index in [-0.39, 0.29) is 0 Å². The van der Waals surface area contributed by atoms with Crippen LogP contribution < -0.4 is 14.8 Å². The van der Waals surface area contributed by atoms with Gasteiger partial charge in [0.05, 0.1) is 14.2 Å². The summed E-state index contributed by atoms with van der Waals surface area (Å²) in [6.07, 6.45) is 5.12. The van der Waals surface area contributed by atoms with Gasteiger partial charge < -0.3 is 14.8 Å². The summed E-state index contributed by atoms with van der Waals surface area (Å²) in [6, 6.07) is 6.60. The van der Waals surface area contributed by atoms with Crippen molar-refractivity contribution in [3.8, 4) is 11.5 Å². The highest BCUT2D eigenvalue weighted by molar-refractivity contribution is 8.00. The normalized spacial score (nSPS) is 20.0. The monoisotopic (exact) mass is 309 g/mol. The molecule has 0 spiro atoms. The van der Waals surface area contributed by atoms with E-state index in [4.69, 9.17) is 9.47 Å². The van der Waals surface area contributed by atoms with Crippen molar-refractivity contribution in [2.24, 2.45) is 0 Å². The van der Waals surface area contributed by atoms with E-state index >= 15 is 0 Å². The molecule has 0 radical (unpaired) electrons. The maximum atomic E-state index is 5.42. The second-order valence-corrected chi connectivity index (χ2v) is 6.83. The summed E-state index contributed by atoms with van der Waals surface area (Å²) in [5.74, 6) is 3.01. The Morgan fingerprint density at radius 1 is 1.19 bits per heavy atom. The van der Waals surface area contributed by atoms with Crippen LogP contribution in [0.2, 0.25) is 0 Å². The van der Waals surface area contributed by atoms with Crippen LogP contribution in [0.5, 0.6) is 11.5 Å². The maximum Gasteiger partial charge on any atom is 0.122 e. The summed E-state index contributed by atoms with van der Waals surface area (Å²) in [7, 11) is 3.42. The first kappa shape index (κ1) is 16.5. The molecule has 0 saturated carbocycles. The first-order valence-electron chi connectivity index (χ1n) is 7.86. The smallest absolute Gasteiger partial charge is 0.122 e. The SMILES string of the molecule is CCCNC(c1cc(OC)cc(OC)c1)C1CCCCS1.